The van der Waals surface area contributed by atoms with Gasteiger partial charge in [0.25, 0.3) is 0 Å². The number of carbonyl (C=O) groups is 1. The van der Waals surface area contributed by atoms with Crippen LogP contribution in [0, 0.1) is 0 Å². The van der Waals surface area contributed by atoms with Crippen LogP contribution in [0.4, 0.5) is 11.4 Å². The normalized spacial score (nSPS) is 15.5. The number of methoxy groups -OCH3 is 1. The molecule has 0 aromatic heterocycles. The molecular formula is C15H22N2O2. The molecule has 1 aliphatic rings. The van der Waals surface area contributed by atoms with E-state index < -0.39 is 0 Å². The number of ether oxygens (including phenoxy) is 1. The Morgan fingerprint density at radius 2 is 2.11 bits per heavy atom. The molecule has 1 fully saturated rings. The van der Waals surface area contributed by atoms with E-state index in [4.69, 9.17) is 10.5 Å². The molecule has 0 aliphatic heterocycles. The number of nitrogens with two attached hydrogens (primary N) is 1. The Kier molecular flexibility index (Phi) is 4.30. The van der Waals surface area contributed by atoms with E-state index in [9.17, 15) is 4.79 Å². The van der Waals surface area contributed by atoms with Gasteiger partial charge in [-0.25, -0.2) is 4.79 Å². The Morgan fingerprint density at radius 1 is 1.42 bits per heavy atom. The molecule has 0 amide bonds. The first kappa shape index (κ1) is 13.7. The lowest BCUT2D eigenvalue weighted by atomic mass is 10.1. The fourth-order valence-corrected chi connectivity index (χ4v) is 2.90. The van der Waals surface area contributed by atoms with E-state index in [1.807, 2.05) is 6.07 Å². The minimum Gasteiger partial charge on any atom is -0.465 e. The third-order valence-electron chi connectivity index (χ3n) is 3.86. The summed E-state index contributed by atoms with van der Waals surface area (Å²) in [6, 6.07) is 6.01. The third kappa shape index (κ3) is 2.83. The van der Waals surface area contributed by atoms with Crippen LogP contribution in [0.15, 0.2) is 18.2 Å². The number of hydrogen-bond acceptors (Lipinski definition) is 4. The number of nitrogens with zero attached hydrogens (tertiary/aromatic N) is 1. The molecule has 0 saturated heterocycles. The van der Waals surface area contributed by atoms with E-state index >= 15 is 0 Å². The van der Waals surface area contributed by atoms with E-state index in [1.54, 1.807) is 12.1 Å². The van der Waals surface area contributed by atoms with E-state index in [0.29, 0.717) is 17.3 Å². The van der Waals surface area contributed by atoms with Gasteiger partial charge in [-0.2, -0.15) is 0 Å². The molecule has 19 heavy (non-hydrogen) atoms. The van der Waals surface area contributed by atoms with Crippen molar-refractivity contribution in [2.75, 3.05) is 24.3 Å². The van der Waals surface area contributed by atoms with Crippen molar-refractivity contribution < 1.29 is 9.53 Å². The number of carbonyl (C=O) groups excluding carboxylic acids is 1. The number of hydrogen-bond donors (Lipinski definition) is 1. The molecule has 0 radical (unpaired) electrons. The zero-order chi connectivity index (χ0) is 13.8. The molecule has 0 unspecified atom stereocenters. The van der Waals surface area contributed by atoms with Gasteiger partial charge in [0.1, 0.15) is 0 Å². The lowest BCUT2D eigenvalue weighted by molar-refractivity contribution is 0.0601. The number of benzene rings is 1. The van der Waals surface area contributed by atoms with Gasteiger partial charge in [0.15, 0.2) is 0 Å². The second-order valence-corrected chi connectivity index (χ2v) is 4.99. The quantitative estimate of drug-likeness (QED) is 0.669. The molecule has 1 aliphatic carbocycles. The Morgan fingerprint density at radius 3 is 2.63 bits per heavy atom. The highest BCUT2D eigenvalue weighted by Crippen LogP contribution is 2.32. The number of rotatable bonds is 4. The first-order valence-electron chi connectivity index (χ1n) is 6.91. The fraction of sp³-hybridized carbons (Fsp3) is 0.533. The third-order valence-corrected chi connectivity index (χ3v) is 3.86. The Hall–Kier alpha value is -1.71. The Labute approximate surface area is 114 Å². The highest BCUT2D eigenvalue weighted by atomic mass is 16.5. The van der Waals surface area contributed by atoms with Gasteiger partial charge in [-0.15, -0.1) is 0 Å². The van der Waals surface area contributed by atoms with Gasteiger partial charge >= 0.3 is 5.97 Å². The standard InChI is InChI=1S/C15H22N2O2/c1-3-17(12-6-4-5-7-12)14-9-8-11(10-13(14)16)15(18)19-2/h8-10,12H,3-7,16H2,1-2H3. The molecule has 0 atom stereocenters. The van der Waals surface area contributed by atoms with Crippen LogP contribution in [0.2, 0.25) is 0 Å². The van der Waals surface area contributed by atoms with Crippen LogP contribution >= 0.6 is 0 Å². The molecular weight excluding hydrogens is 240 g/mol. The monoisotopic (exact) mass is 262 g/mol. The van der Waals surface area contributed by atoms with Crippen molar-refractivity contribution in [1.29, 1.82) is 0 Å². The predicted octanol–water partition coefficient (Wildman–Crippen LogP) is 2.82. The van der Waals surface area contributed by atoms with Gasteiger partial charge in [0, 0.05) is 12.6 Å². The van der Waals surface area contributed by atoms with E-state index in [-0.39, 0.29) is 5.97 Å². The maximum Gasteiger partial charge on any atom is 0.337 e. The van der Waals surface area contributed by atoms with Gasteiger partial charge in [-0.1, -0.05) is 12.8 Å². The largest absolute Gasteiger partial charge is 0.465 e. The van der Waals surface area contributed by atoms with Gasteiger partial charge in [0.2, 0.25) is 0 Å². The van der Waals surface area contributed by atoms with Gasteiger partial charge in [-0.05, 0) is 38.0 Å². The van der Waals surface area contributed by atoms with Gasteiger partial charge in [-0.3, -0.25) is 0 Å². The van der Waals surface area contributed by atoms with E-state index in [0.717, 1.165) is 12.2 Å². The van der Waals surface area contributed by atoms with Crippen molar-refractivity contribution in [2.24, 2.45) is 0 Å². The summed E-state index contributed by atoms with van der Waals surface area (Å²) in [7, 11) is 1.38. The summed E-state index contributed by atoms with van der Waals surface area (Å²) in [4.78, 5) is 13.8. The zero-order valence-electron chi connectivity index (χ0n) is 11.7. The molecule has 104 valence electrons. The van der Waals surface area contributed by atoms with Crippen LogP contribution in [-0.4, -0.2) is 25.7 Å². The van der Waals surface area contributed by atoms with Crippen LogP contribution in [0.5, 0.6) is 0 Å². The summed E-state index contributed by atoms with van der Waals surface area (Å²) < 4.78 is 4.71. The predicted molar refractivity (Wildman–Crippen MR) is 77.5 cm³/mol. The molecule has 0 spiro atoms. The summed E-state index contributed by atoms with van der Waals surface area (Å²) in [5.74, 6) is -0.345. The summed E-state index contributed by atoms with van der Waals surface area (Å²) in [5.41, 5.74) is 8.29. The SMILES string of the molecule is CCN(c1ccc(C(=O)OC)cc1N)C1CCCC1. The van der Waals surface area contributed by atoms with E-state index in [2.05, 4.69) is 11.8 Å². The van der Waals surface area contributed by atoms with Crippen LogP contribution in [0.25, 0.3) is 0 Å². The van der Waals surface area contributed by atoms with Gasteiger partial charge < -0.3 is 15.4 Å². The summed E-state index contributed by atoms with van der Waals surface area (Å²) >= 11 is 0. The number of nitrogen functional groups attached to an aromatic ring is 1. The van der Waals surface area contributed by atoms with Crippen LogP contribution in [0.3, 0.4) is 0 Å². The lowest BCUT2D eigenvalue weighted by Gasteiger charge is -2.31. The topological polar surface area (TPSA) is 55.6 Å². The molecule has 1 saturated carbocycles. The maximum absolute atomic E-state index is 11.5. The van der Waals surface area contributed by atoms with Crippen LogP contribution in [-0.2, 0) is 4.74 Å². The number of anilines is 2. The van der Waals surface area contributed by atoms with Crippen molar-refractivity contribution in [2.45, 2.75) is 38.6 Å². The van der Waals surface area contributed by atoms with Crippen LogP contribution < -0.4 is 10.6 Å². The second-order valence-electron chi connectivity index (χ2n) is 4.99. The summed E-state index contributed by atoms with van der Waals surface area (Å²) in [6.07, 6.45) is 5.04. The minimum atomic E-state index is -0.345. The Bertz CT molecular complexity index is 453. The first-order valence-corrected chi connectivity index (χ1v) is 6.91. The van der Waals surface area contributed by atoms with Crippen molar-refractivity contribution in [3.05, 3.63) is 23.8 Å². The minimum absolute atomic E-state index is 0.345. The molecule has 4 nitrogen and oxygen atoms in total. The average molecular weight is 262 g/mol. The highest BCUT2D eigenvalue weighted by molar-refractivity contribution is 5.92. The molecule has 1 aromatic carbocycles. The zero-order valence-corrected chi connectivity index (χ0v) is 11.7. The van der Waals surface area contributed by atoms with Crippen LogP contribution in [0.1, 0.15) is 43.0 Å². The highest BCUT2D eigenvalue weighted by Gasteiger charge is 2.23. The first-order chi connectivity index (χ1) is 9.17. The van der Waals surface area contributed by atoms with Crippen molar-refractivity contribution in [3.63, 3.8) is 0 Å². The molecule has 2 N–H and O–H groups in total. The van der Waals surface area contributed by atoms with Crippen molar-refractivity contribution >= 4 is 17.3 Å². The second kappa shape index (κ2) is 5.95. The molecule has 4 heteroatoms. The number of esters is 1. The smallest absolute Gasteiger partial charge is 0.337 e. The van der Waals surface area contributed by atoms with Crippen molar-refractivity contribution in [3.8, 4) is 0 Å². The van der Waals surface area contributed by atoms with Gasteiger partial charge in [0.05, 0.1) is 24.0 Å². The Balaban J connectivity index is 2.25. The lowest BCUT2D eigenvalue weighted by Crippen LogP contribution is -2.33. The molecule has 0 bridgehead atoms. The molecule has 0 heterocycles. The average Bonchev–Trinajstić information content (AvgIpc) is 2.94. The fourth-order valence-electron chi connectivity index (χ4n) is 2.90. The van der Waals surface area contributed by atoms with Crippen molar-refractivity contribution in [1.82, 2.24) is 0 Å². The molecule has 1 aromatic rings. The summed E-state index contributed by atoms with van der Waals surface area (Å²) in [6.45, 7) is 3.08. The van der Waals surface area contributed by atoms with E-state index in [1.165, 1.54) is 32.8 Å². The summed E-state index contributed by atoms with van der Waals surface area (Å²) in [5, 5.41) is 0. The molecule has 2 rings (SSSR count). The maximum atomic E-state index is 11.5.